The molecular weight excluding hydrogens is 219 g/mol. The topological polar surface area (TPSA) is 29.9 Å². The van der Waals surface area contributed by atoms with E-state index in [4.69, 9.17) is 0 Å². The summed E-state index contributed by atoms with van der Waals surface area (Å²) in [7, 11) is 0. The van der Waals surface area contributed by atoms with Crippen LogP contribution in [0.2, 0.25) is 0 Å². The normalized spacial score (nSPS) is 12.1. The van der Waals surface area contributed by atoms with E-state index in [-0.39, 0.29) is 6.54 Å². The molecule has 0 spiro atoms. The average Bonchev–Trinajstić information content (AvgIpc) is 2.42. The lowest BCUT2D eigenvalue weighted by molar-refractivity contribution is -0.125. The monoisotopic (exact) mass is 235 g/mol. The van der Waals surface area contributed by atoms with Crippen LogP contribution < -0.4 is 5.32 Å². The lowest BCUT2D eigenvalue weighted by atomic mass is 10.2. The van der Waals surface area contributed by atoms with E-state index in [0.717, 1.165) is 23.5 Å². The molecule has 0 amide bonds. The van der Waals surface area contributed by atoms with Crippen molar-refractivity contribution in [3.63, 3.8) is 0 Å². The lowest BCUT2D eigenvalue weighted by Gasteiger charge is -2.08. The number of halogens is 3. The van der Waals surface area contributed by atoms with Crippen molar-refractivity contribution < 1.29 is 13.2 Å². The van der Waals surface area contributed by atoms with Gasteiger partial charge in [0, 0.05) is 24.3 Å². The second-order valence-electron chi connectivity index (χ2n) is 3.68. The Morgan fingerprint density at radius 2 is 1.94 bits per heavy atom. The molecule has 0 aliphatic carbocycles. The second kappa shape index (κ2) is 4.86. The summed E-state index contributed by atoms with van der Waals surface area (Å²) >= 11 is 0. The van der Waals surface area contributed by atoms with Crippen molar-refractivity contribution in [3.8, 4) is 0 Å². The molecule has 0 saturated heterocycles. The van der Waals surface area contributed by atoms with Crippen LogP contribution in [0.15, 0.2) is 0 Å². The Balaban J connectivity index is 2.64. The molecule has 0 saturated carbocycles. The molecule has 0 radical (unpaired) electrons. The SMILES string of the molecule is CCn1nc(C)c(CNCC(F)(F)F)c1C. The first-order valence-corrected chi connectivity index (χ1v) is 5.15. The molecule has 1 aromatic heterocycles. The van der Waals surface area contributed by atoms with Crippen LogP contribution >= 0.6 is 0 Å². The first kappa shape index (κ1) is 13.0. The number of rotatable bonds is 4. The molecule has 6 heteroatoms. The molecular formula is C10H16F3N3. The van der Waals surface area contributed by atoms with Crippen LogP contribution in [0, 0.1) is 13.8 Å². The molecule has 0 bridgehead atoms. The maximum Gasteiger partial charge on any atom is 0.401 e. The first-order valence-electron chi connectivity index (χ1n) is 5.15. The fourth-order valence-electron chi connectivity index (χ4n) is 1.63. The van der Waals surface area contributed by atoms with Crippen molar-refractivity contribution in [2.45, 2.75) is 40.0 Å². The summed E-state index contributed by atoms with van der Waals surface area (Å²) in [6.07, 6.45) is -4.16. The minimum absolute atomic E-state index is 0.206. The Bertz CT molecular complexity index is 355. The lowest BCUT2D eigenvalue weighted by Crippen LogP contribution is -2.28. The van der Waals surface area contributed by atoms with Gasteiger partial charge in [-0.05, 0) is 20.8 Å². The Hall–Kier alpha value is -1.04. The van der Waals surface area contributed by atoms with Gasteiger partial charge in [0.05, 0.1) is 12.2 Å². The Morgan fingerprint density at radius 3 is 2.38 bits per heavy atom. The zero-order valence-electron chi connectivity index (χ0n) is 9.65. The van der Waals surface area contributed by atoms with Crippen molar-refractivity contribution in [1.29, 1.82) is 0 Å². The van der Waals surface area contributed by atoms with Crippen molar-refractivity contribution in [1.82, 2.24) is 15.1 Å². The minimum atomic E-state index is -4.16. The van der Waals surface area contributed by atoms with Crippen LogP contribution in [0.1, 0.15) is 23.9 Å². The fourth-order valence-corrected chi connectivity index (χ4v) is 1.63. The van der Waals surface area contributed by atoms with Crippen molar-refractivity contribution in [2.24, 2.45) is 0 Å². The summed E-state index contributed by atoms with van der Waals surface area (Å²) in [5.74, 6) is 0. The zero-order valence-corrected chi connectivity index (χ0v) is 9.65. The zero-order chi connectivity index (χ0) is 12.3. The summed E-state index contributed by atoms with van der Waals surface area (Å²) in [5.41, 5.74) is 2.56. The summed E-state index contributed by atoms with van der Waals surface area (Å²) in [6.45, 7) is 5.59. The van der Waals surface area contributed by atoms with Gasteiger partial charge in [-0.2, -0.15) is 18.3 Å². The smallest absolute Gasteiger partial charge is 0.304 e. The van der Waals surface area contributed by atoms with E-state index in [1.54, 1.807) is 4.68 Å². The highest BCUT2D eigenvalue weighted by molar-refractivity contribution is 5.24. The summed E-state index contributed by atoms with van der Waals surface area (Å²) < 4.78 is 37.6. The van der Waals surface area contributed by atoms with Gasteiger partial charge >= 0.3 is 6.18 Å². The average molecular weight is 235 g/mol. The molecule has 0 unspecified atom stereocenters. The van der Waals surface area contributed by atoms with E-state index in [9.17, 15) is 13.2 Å². The number of alkyl halides is 3. The van der Waals surface area contributed by atoms with Gasteiger partial charge in [-0.1, -0.05) is 0 Å². The van der Waals surface area contributed by atoms with E-state index >= 15 is 0 Å². The maximum absolute atomic E-state index is 11.9. The van der Waals surface area contributed by atoms with Crippen LogP contribution in [0.25, 0.3) is 0 Å². The number of aryl methyl sites for hydroxylation is 2. The molecule has 1 N–H and O–H groups in total. The number of aromatic nitrogens is 2. The molecule has 1 aromatic rings. The van der Waals surface area contributed by atoms with Gasteiger partial charge in [0.25, 0.3) is 0 Å². The minimum Gasteiger partial charge on any atom is -0.304 e. The molecule has 0 aromatic carbocycles. The van der Waals surface area contributed by atoms with E-state index in [1.807, 2.05) is 20.8 Å². The van der Waals surface area contributed by atoms with E-state index < -0.39 is 12.7 Å². The van der Waals surface area contributed by atoms with Crippen LogP contribution in [-0.2, 0) is 13.1 Å². The van der Waals surface area contributed by atoms with E-state index in [0.29, 0.717) is 0 Å². The van der Waals surface area contributed by atoms with Gasteiger partial charge in [-0.15, -0.1) is 0 Å². The highest BCUT2D eigenvalue weighted by atomic mass is 19.4. The predicted octanol–water partition coefficient (Wildman–Crippen LogP) is 2.17. The summed E-state index contributed by atoms with van der Waals surface area (Å²) in [6, 6.07) is 0. The van der Waals surface area contributed by atoms with E-state index in [1.165, 1.54) is 0 Å². The molecule has 16 heavy (non-hydrogen) atoms. The Morgan fingerprint density at radius 1 is 1.31 bits per heavy atom. The third-order valence-corrected chi connectivity index (χ3v) is 2.46. The maximum atomic E-state index is 11.9. The quantitative estimate of drug-likeness (QED) is 0.866. The standard InChI is InChI=1S/C10H16F3N3/c1-4-16-8(3)9(7(2)15-16)5-14-6-10(11,12)13/h14H,4-6H2,1-3H3. The molecule has 92 valence electrons. The molecule has 0 fully saturated rings. The van der Waals surface area contributed by atoms with Crippen LogP contribution in [0.4, 0.5) is 13.2 Å². The van der Waals surface area contributed by atoms with Crippen LogP contribution in [0.3, 0.4) is 0 Å². The molecule has 0 aliphatic rings. The molecule has 0 atom stereocenters. The Kier molecular flexibility index (Phi) is 3.96. The van der Waals surface area contributed by atoms with Gasteiger partial charge in [-0.3, -0.25) is 4.68 Å². The van der Waals surface area contributed by atoms with Crippen molar-refractivity contribution >= 4 is 0 Å². The first-order chi connectivity index (χ1) is 7.35. The number of hydrogen-bond donors (Lipinski definition) is 1. The van der Waals surface area contributed by atoms with Gasteiger partial charge in [0.1, 0.15) is 0 Å². The summed E-state index contributed by atoms with van der Waals surface area (Å²) in [4.78, 5) is 0. The fraction of sp³-hybridized carbons (Fsp3) is 0.700. The molecule has 0 aliphatic heterocycles. The number of hydrogen-bond acceptors (Lipinski definition) is 2. The molecule has 3 nitrogen and oxygen atoms in total. The van der Waals surface area contributed by atoms with Crippen molar-refractivity contribution in [2.75, 3.05) is 6.54 Å². The van der Waals surface area contributed by atoms with Crippen LogP contribution in [-0.4, -0.2) is 22.5 Å². The second-order valence-corrected chi connectivity index (χ2v) is 3.68. The van der Waals surface area contributed by atoms with E-state index in [2.05, 4.69) is 10.4 Å². The van der Waals surface area contributed by atoms with Crippen molar-refractivity contribution in [3.05, 3.63) is 17.0 Å². The predicted molar refractivity (Wildman–Crippen MR) is 55.1 cm³/mol. The third-order valence-electron chi connectivity index (χ3n) is 2.46. The van der Waals surface area contributed by atoms with Gasteiger partial charge in [0.2, 0.25) is 0 Å². The van der Waals surface area contributed by atoms with Crippen LogP contribution in [0.5, 0.6) is 0 Å². The highest BCUT2D eigenvalue weighted by Gasteiger charge is 2.26. The highest BCUT2D eigenvalue weighted by Crippen LogP contribution is 2.15. The number of nitrogens with zero attached hydrogens (tertiary/aromatic N) is 2. The molecule has 1 rings (SSSR count). The Labute approximate surface area is 92.6 Å². The number of nitrogens with one attached hydrogen (secondary N) is 1. The van der Waals surface area contributed by atoms with Gasteiger partial charge in [0.15, 0.2) is 0 Å². The largest absolute Gasteiger partial charge is 0.401 e. The third kappa shape index (κ3) is 3.23. The van der Waals surface area contributed by atoms with Gasteiger partial charge in [-0.25, -0.2) is 0 Å². The summed E-state index contributed by atoms with van der Waals surface area (Å²) in [5, 5.41) is 6.62. The van der Waals surface area contributed by atoms with Gasteiger partial charge < -0.3 is 5.32 Å². The molecule has 1 heterocycles.